The quantitative estimate of drug-likeness (QED) is 0.802. The monoisotopic (exact) mass is 217 g/mol. The fourth-order valence-corrected chi connectivity index (χ4v) is 2.98. The van der Waals surface area contributed by atoms with Crippen LogP contribution in [-0.2, 0) is 6.54 Å². The Morgan fingerprint density at radius 1 is 1.38 bits per heavy atom. The Balaban J connectivity index is 1.66. The normalized spacial score (nSPS) is 29.6. The van der Waals surface area contributed by atoms with Gasteiger partial charge in [-0.1, -0.05) is 0 Å². The first-order valence-electron chi connectivity index (χ1n) is 6.15. The zero-order chi connectivity index (χ0) is 11.0. The Kier molecular flexibility index (Phi) is 2.65. The van der Waals surface area contributed by atoms with E-state index in [1.54, 1.807) is 0 Å². The van der Waals surface area contributed by atoms with Crippen LogP contribution in [0.2, 0.25) is 0 Å². The van der Waals surface area contributed by atoms with Crippen LogP contribution in [-0.4, -0.2) is 36.1 Å². The largest absolute Gasteiger partial charge is 0.316 e. The van der Waals surface area contributed by atoms with E-state index in [-0.39, 0.29) is 0 Å². The number of fused-ring (bicyclic) bond motifs is 1. The van der Waals surface area contributed by atoms with E-state index < -0.39 is 0 Å². The number of rotatable bonds is 2. The van der Waals surface area contributed by atoms with Crippen molar-refractivity contribution >= 4 is 0 Å². The summed E-state index contributed by atoms with van der Waals surface area (Å²) in [6, 6.07) is 2.10. The summed E-state index contributed by atoms with van der Waals surface area (Å²) < 4.78 is 0. The molecule has 2 saturated heterocycles. The van der Waals surface area contributed by atoms with Gasteiger partial charge in [-0.15, -0.1) is 0 Å². The van der Waals surface area contributed by atoms with Gasteiger partial charge in [-0.05, 0) is 49.0 Å². The Morgan fingerprint density at radius 3 is 2.81 bits per heavy atom. The number of likely N-dealkylation sites (tertiary alicyclic amines) is 1. The average Bonchev–Trinajstić information content (AvgIpc) is 2.81. The van der Waals surface area contributed by atoms with E-state index in [0.29, 0.717) is 0 Å². The molecule has 3 rings (SSSR count). The highest BCUT2D eigenvalue weighted by Gasteiger charge is 2.35. The molecule has 16 heavy (non-hydrogen) atoms. The van der Waals surface area contributed by atoms with Gasteiger partial charge in [0.2, 0.25) is 0 Å². The second-order valence-electron chi connectivity index (χ2n) is 5.17. The summed E-state index contributed by atoms with van der Waals surface area (Å²) in [5.41, 5.74) is 2.75. The fourth-order valence-electron chi connectivity index (χ4n) is 2.98. The van der Waals surface area contributed by atoms with Gasteiger partial charge in [-0.2, -0.15) is 0 Å². The number of nitrogens with one attached hydrogen (secondary N) is 1. The molecular formula is C13H19N3. The molecule has 0 bridgehead atoms. The smallest absolute Gasteiger partial charge is 0.0315 e. The predicted molar refractivity (Wildman–Crippen MR) is 64.1 cm³/mol. The Morgan fingerprint density at radius 2 is 2.12 bits per heavy atom. The van der Waals surface area contributed by atoms with Gasteiger partial charge >= 0.3 is 0 Å². The summed E-state index contributed by atoms with van der Waals surface area (Å²) in [5, 5.41) is 3.48. The average molecular weight is 217 g/mol. The molecule has 2 atom stereocenters. The second-order valence-corrected chi connectivity index (χ2v) is 5.17. The highest BCUT2D eigenvalue weighted by Crippen LogP contribution is 2.27. The topological polar surface area (TPSA) is 28.2 Å². The molecule has 1 aromatic heterocycles. The van der Waals surface area contributed by atoms with Crippen molar-refractivity contribution in [3.8, 4) is 0 Å². The van der Waals surface area contributed by atoms with Crippen LogP contribution in [0.5, 0.6) is 0 Å². The van der Waals surface area contributed by atoms with Gasteiger partial charge in [0.15, 0.2) is 0 Å². The summed E-state index contributed by atoms with van der Waals surface area (Å²) in [6.45, 7) is 8.19. The summed E-state index contributed by atoms with van der Waals surface area (Å²) in [4.78, 5) is 6.80. The second kappa shape index (κ2) is 4.15. The predicted octanol–water partition coefficient (Wildman–Crippen LogP) is 1.04. The molecule has 0 unspecified atom stereocenters. The van der Waals surface area contributed by atoms with Crippen LogP contribution in [0.4, 0.5) is 0 Å². The van der Waals surface area contributed by atoms with Crippen LogP contribution in [0, 0.1) is 18.8 Å². The van der Waals surface area contributed by atoms with E-state index in [1.165, 1.54) is 37.3 Å². The summed E-state index contributed by atoms with van der Waals surface area (Å²) >= 11 is 0. The van der Waals surface area contributed by atoms with E-state index >= 15 is 0 Å². The maximum atomic E-state index is 4.22. The highest BCUT2D eigenvalue weighted by atomic mass is 15.2. The van der Waals surface area contributed by atoms with Crippen LogP contribution >= 0.6 is 0 Å². The van der Waals surface area contributed by atoms with E-state index in [0.717, 1.165) is 18.4 Å². The van der Waals surface area contributed by atoms with E-state index in [1.807, 2.05) is 12.4 Å². The molecule has 0 radical (unpaired) electrons. The number of aryl methyl sites for hydroxylation is 1. The molecule has 2 aliphatic rings. The minimum absolute atomic E-state index is 0.886. The van der Waals surface area contributed by atoms with E-state index in [4.69, 9.17) is 0 Å². The van der Waals surface area contributed by atoms with Crippen LogP contribution in [0.25, 0.3) is 0 Å². The maximum absolute atomic E-state index is 4.22. The number of hydrogen-bond donors (Lipinski definition) is 1. The van der Waals surface area contributed by atoms with Gasteiger partial charge in [0.1, 0.15) is 0 Å². The molecule has 0 aromatic carbocycles. The molecule has 2 aliphatic heterocycles. The molecule has 0 aliphatic carbocycles. The minimum Gasteiger partial charge on any atom is -0.316 e. The van der Waals surface area contributed by atoms with Crippen molar-refractivity contribution in [3.63, 3.8) is 0 Å². The van der Waals surface area contributed by atoms with Crippen molar-refractivity contribution in [2.75, 3.05) is 26.2 Å². The van der Waals surface area contributed by atoms with E-state index in [9.17, 15) is 0 Å². The van der Waals surface area contributed by atoms with Crippen molar-refractivity contribution in [1.29, 1.82) is 0 Å². The van der Waals surface area contributed by atoms with Crippen molar-refractivity contribution in [3.05, 3.63) is 29.6 Å². The zero-order valence-electron chi connectivity index (χ0n) is 9.82. The third kappa shape index (κ3) is 1.85. The number of pyridine rings is 1. The molecule has 2 fully saturated rings. The summed E-state index contributed by atoms with van der Waals surface area (Å²) in [5.74, 6) is 1.77. The number of aromatic nitrogens is 1. The van der Waals surface area contributed by atoms with Crippen LogP contribution < -0.4 is 5.32 Å². The lowest BCUT2D eigenvalue weighted by molar-refractivity contribution is 0.304. The molecule has 0 saturated carbocycles. The summed E-state index contributed by atoms with van der Waals surface area (Å²) in [6.07, 6.45) is 3.89. The van der Waals surface area contributed by atoms with Gasteiger partial charge in [-0.25, -0.2) is 0 Å². The molecule has 3 heteroatoms. The Hall–Kier alpha value is -0.930. The van der Waals surface area contributed by atoms with E-state index in [2.05, 4.69) is 28.2 Å². The van der Waals surface area contributed by atoms with Crippen LogP contribution in [0.3, 0.4) is 0 Å². The van der Waals surface area contributed by atoms with Crippen molar-refractivity contribution in [1.82, 2.24) is 15.2 Å². The number of nitrogens with zero attached hydrogens (tertiary/aromatic N) is 2. The van der Waals surface area contributed by atoms with Crippen molar-refractivity contribution in [2.45, 2.75) is 13.5 Å². The minimum atomic E-state index is 0.886. The Bertz CT molecular complexity index is 365. The highest BCUT2D eigenvalue weighted by molar-refractivity contribution is 5.21. The lowest BCUT2D eigenvalue weighted by Crippen LogP contribution is -2.25. The van der Waals surface area contributed by atoms with Crippen LogP contribution in [0.1, 0.15) is 11.1 Å². The first-order valence-corrected chi connectivity index (χ1v) is 6.15. The van der Waals surface area contributed by atoms with Gasteiger partial charge in [0.25, 0.3) is 0 Å². The first-order chi connectivity index (χ1) is 7.83. The van der Waals surface area contributed by atoms with Gasteiger partial charge in [-0.3, -0.25) is 9.88 Å². The molecule has 86 valence electrons. The lowest BCUT2D eigenvalue weighted by Gasteiger charge is -2.17. The lowest BCUT2D eigenvalue weighted by atomic mass is 10.0. The molecule has 3 heterocycles. The van der Waals surface area contributed by atoms with Crippen LogP contribution in [0.15, 0.2) is 18.5 Å². The standard InChI is InChI=1S/C13H19N3/c1-10-2-3-14-4-11(10)7-16-8-12-5-15-6-13(12)9-16/h2-4,12-13,15H,5-9H2,1H3/t12-,13+. The third-order valence-corrected chi connectivity index (χ3v) is 4.01. The molecular weight excluding hydrogens is 198 g/mol. The molecule has 3 nitrogen and oxygen atoms in total. The SMILES string of the molecule is Cc1ccncc1CN1C[C@H]2CNC[C@H]2C1. The molecule has 1 N–H and O–H groups in total. The summed E-state index contributed by atoms with van der Waals surface area (Å²) in [7, 11) is 0. The van der Waals surface area contributed by atoms with Crippen molar-refractivity contribution in [2.24, 2.45) is 11.8 Å². The van der Waals surface area contributed by atoms with Gasteiger partial charge in [0, 0.05) is 32.0 Å². The first kappa shape index (κ1) is 10.2. The van der Waals surface area contributed by atoms with Gasteiger partial charge in [0.05, 0.1) is 0 Å². The molecule has 1 aromatic rings. The molecule has 0 spiro atoms. The Labute approximate surface area is 96.9 Å². The van der Waals surface area contributed by atoms with Gasteiger partial charge < -0.3 is 5.32 Å². The van der Waals surface area contributed by atoms with Crippen molar-refractivity contribution < 1.29 is 0 Å². The third-order valence-electron chi connectivity index (χ3n) is 4.01. The molecule has 0 amide bonds. The number of hydrogen-bond acceptors (Lipinski definition) is 3. The zero-order valence-corrected chi connectivity index (χ0v) is 9.82. The fraction of sp³-hybridized carbons (Fsp3) is 0.615. The maximum Gasteiger partial charge on any atom is 0.0315 e.